The van der Waals surface area contributed by atoms with Gasteiger partial charge in [-0.3, -0.25) is 4.79 Å². The molecule has 0 aliphatic rings. The summed E-state index contributed by atoms with van der Waals surface area (Å²) in [6.45, 7) is 3.42. The number of carbonyl (C=O) groups is 2. The van der Waals surface area contributed by atoms with Crippen molar-refractivity contribution in [3.05, 3.63) is 58.1 Å². The summed E-state index contributed by atoms with van der Waals surface area (Å²) in [6, 6.07) is 12.3. The number of carbonyl (C=O) groups excluding carboxylic acids is 2. The third-order valence-corrected chi connectivity index (χ3v) is 4.02. The summed E-state index contributed by atoms with van der Waals surface area (Å²) in [5.74, 6) is -0.147. The van der Waals surface area contributed by atoms with Crippen molar-refractivity contribution >= 4 is 33.5 Å². The van der Waals surface area contributed by atoms with Crippen LogP contribution in [-0.4, -0.2) is 25.1 Å². The average molecular weight is 392 g/mol. The first-order chi connectivity index (χ1) is 11.4. The molecule has 24 heavy (non-hydrogen) atoms. The van der Waals surface area contributed by atoms with E-state index in [4.69, 9.17) is 9.47 Å². The molecule has 0 aliphatic heterocycles. The Hall–Kier alpha value is -2.34. The van der Waals surface area contributed by atoms with Crippen molar-refractivity contribution < 1.29 is 19.1 Å². The molecule has 1 N–H and O–H groups in total. The van der Waals surface area contributed by atoms with Crippen LogP contribution < -0.4 is 10.1 Å². The molecule has 126 valence electrons. The van der Waals surface area contributed by atoms with E-state index in [9.17, 15) is 9.59 Å². The van der Waals surface area contributed by atoms with Crippen molar-refractivity contribution in [2.45, 2.75) is 20.0 Å². The maximum absolute atomic E-state index is 12.3. The fourth-order valence-electron chi connectivity index (χ4n) is 2.11. The number of methoxy groups -OCH3 is 1. The van der Waals surface area contributed by atoms with Crippen LogP contribution in [0.15, 0.2) is 46.9 Å². The maximum Gasteiger partial charge on any atom is 0.338 e. The topological polar surface area (TPSA) is 64.6 Å². The lowest BCUT2D eigenvalue weighted by atomic mass is 10.1. The van der Waals surface area contributed by atoms with E-state index < -0.39 is 12.1 Å². The molecule has 0 saturated carbocycles. The number of nitrogens with one attached hydrogen (secondary N) is 1. The lowest BCUT2D eigenvalue weighted by Crippen LogP contribution is -2.30. The van der Waals surface area contributed by atoms with Gasteiger partial charge in [0.2, 0.25) is 0 Å². The van der Waals surface area contributed by atoms with E-state index in [1.165, 1.54) is 7.11 Å². The van der Waals surface area contributed by atoms with Crippen LogP contribution in [0.2, 0.25) is 0 Å². The third-order valence-electron chi connectivity index (χ3n) is 3.49. The van der Waals surface area contributed by atoms with Crippen LogP contribution in [0.3, 0.4) is 0 Å². The van der Waals surface area contributed by atoms with Gasteiger partial charge in [-0.1, -0.05) is 22.0 Å². The van der Waals surface area contributed by atoms with Gasteiger partial charge in [0, 0.05) is 10.2 Å². The fourth-order valence-corrected chi connectivity index (χ4v) is 2.37. The fraction of sp³-hybridized carbons (Fsp3) is 0.222. The summed E-state index contributed by atoms with van der Waals surface area (Å²) in [6.07, 6.45) is -0.688. The van der Waals surface area contributed by atoms with Gasteiger partial charge < -0.3 is 14.8 Å². The zero-order chi connectivity index (χ0) is 17.7. The van der Waals surface area contributed by atoms with Crippen molar-refractivity contribution in [1.29, 1.82) is 0 Å². The Morgan fingerprint density at radius 1 is 1.12 bits per heavy atom. The van der Waals surface area contributed by atoms with Gasteiger partial charge in [-0.2, -0.15) is 0 Å². The van der Waals surface area contributed by atoms with E-state index in [0.717, 1.165) is 4.47 Å². The van der Waals surface area contributed by atoms with Crippen molar-refractivity contribution in [3.8, 4) is 5.75 Å². The van der Waals surface area contributed by atoms with Crippen molar-refractivity contribution in [2.75, 3.05) is 12.4 Å². The Balaban J connectivity index is 2.08. The second-order valence-electron chi connectivity index (χ2n) is 5.17. The maximum atomic E-state index is 12.3. The first-order valence-corrected chi connectivity index (χ1v) is 8.12. The number of anilines is 1. The van der Waals surface area contributed by atoms with Crippen molar-refractivity contribution in [2.24, 2.45) is 0 Å². The van der Waals surface area contributed by atoms with E-state index in [0.29, 0.717) is 22.6 Å². The number of rotatable bonds is 5. The second kappa shape index (κ2) is 7.97. The molecule has 0 bridgehead atoms. The monoisotopic (exact) mass is 391 g/mol. The zero-order valence-corrected chi connectivity index (χ0v) is 15.2. The molecule has 0 fully saturated rings. The van der Waals surface area contributed by atoms with Gasteiger partial charge >= 0.3 is 5.97 Å². The summed E-state index contributed by atoms with van der Waals surface area (Å²) >= 11 is 3.34. The number of halogens is 1. The molecule has 0 spiro atoms. The lowest BCUT2D eigenvalue weighted by molar-refractivity contribution is -0.122. The van der Waals surface area contributed by atoms with E-state index in [1.54, 1.807) is 44.2 Å². The normalized spacial score (nSPS) is 11.5. The van der Waals surface area contributed by atoms with E-state index in [1.807, 2.05) is 12.1 Å². The lowest BCUT2D eigenvalue weighted by Gasteiger charge is -2.16. The summed E-state index contributed by atoms with van der Waals surface area (Å²) in [5.41, 5.74) is 1.61. The third kappa shape index (κ3) is 4.35. The molecule has 0 saturated heterocycles. The highest BCUT2D eigenvalue weighted by Crippen LogP contribution is 2.21. The largest absolute Gasteiger partial charge is 0.481 e. The van der Waals surface area contributed by atoms with Crippen LogP contribution >= 0.6 is 15.9 Å². The summed E-state index contributed by atoms with van der Waals surface area (Å²) < 4.78 is 11.3. The van der Waals surface area contributed by atoms with Gasteiger partial charge in [0.15, 0.2) is 6.10 Å². The Morgan fingerprint density at radius 2 is 1.79 bits per heavy atom. The Kier molecular flexibility index (Phi) is 5.98. The van der Waals surface area contributed by atoms with Gasteiger partial charge in [-0.25, -0.2) is 4.79 Å². The predicted octanol–water partition coefficient (Wildman–Crippen LogP) is 3.95. The zero-order valence-electron chi connectivity index (χ0n) is 13.6. The Bertz CT molecular complexity index is 743. The summed E-state index contributed by atoms with van der Waals surface area (Å²) in [7, 11) is 1.32. The summed E-state index contributed by atoms with van der Waals surface area (Å²) in [4.78, 5) is 24.0. The standard InChI is InChI=1S/C18H18BrNO4/c1-11-15(18(22)23-3)5-4-6-16(11)20-17(21)12(2)24-14-9-7-13(19)8-10-14/h4-10,12H,1-3H3,(H,20,21)/t12-/m1/s1. The number of amides is 1. The van der Waals surface area contributed by atoms with E-state index in [-0.39, 0.29) is 5.91 Å². The highest BCUT2D eigenvalue weighted by molar-refractivity contribution is 9.10. The molecule has 5 nitrogen and oxygen atoms in total. The minimum Gasteiger partial charge on any atom is -0.481 e. The Labute approximate surface area is 149 Å². The molecule has 2 rings (SSSR count). The van der Waals surface area contributed by atoms with Gasteiger partial charge in [-0.15, -0.1) is 0 Å². The van der Waals surface area contributed by atoms with Gasteiger partial charge in [-0.05, 0) is 55.8 Å². The Morgan fingerprint density at radius 3 is 2.42 bits per heavy atom. The van der Waals surface area contributed by atoms with Crippen LogP contribution in [0, 0.1) is 6.92 Å². The molecule has 0 heterocycles. The van der Waals surface area contributed by atoms with E-state index >= 15 is 0 Å². The number of esters is 1. The molecular formula is C18H18BrNO4. The van der Waals surface area contributed by atoms with E-state index in [2.05, 4.69) is 21.2 Å². The van der Waals surface area contributed by atoms with Crippen molar-refractivity contribution in [1.82, 2.24) is 0 Å². The highest BCUT2D eigenvalue weighted by atomic mass is 79.9. The van der Waals surface area contributed by atoms with Crippen LogP contribution in [0.25, 0.3) is 0 Å². The molecule has 0 radical (unpaired) electrons. The average Bonchev–Trinajstić information content (AvgIpc) is 2.58. The number of benzene rings is 2. The quantitative estimate of drug-likeness (QED) is 0.783. The summed E-state index contributed by atoms with van der Waals surface area (Å²) in [5, 5.41) is 2.78. The minimum atomic E-state index is -0.688. The molecule has 2 aromatic carbocycles. The smallest absolute Gasteiger partial charge is 0.338 e. The molecule has 2 aromatic rings. The first-order valence-electron chi connectivity index (χ1n) is 7.33. The SMILES string of the molecule is COC(=O)c1cccc(NC(=O)[C@@H](C)Oc2ccc(Br)cc2)c1C. The molecular weight excluding hydrogens is 374 g/mol. The minimum absolute atomic E-state index is 0.303. The molecule has 0 aliphatic carbocycles. The van der Waals surface area contributed by atoms with Crippen LogP contribution in [0.5, 0.6) is 5.75 Å². The molecule has 0 aromatic heterocycles. The highest BCUT2D eigenvalue weighted by Gasteiger charge is 2.18. The molecule has 0 unspecified atom stereocenters. The number of hydrogen-bond donors (Lipinski definition) is 1. The number of hydrogen-bond acceptors (Lipinski definition) is 4. The molecule has 1 atom stereocenters. The van der Waals surface area contributed by atoms with Crippen molar-refractivity contribution in [3.63, 3.8) is 0 Å². The van der Waals surface area contributed by atoms with Gasteiger partial charge in [0.05, 0.1) is 12.7 Å². The first kappa shape index (κ1) is 18.0. The second-order valence-corrected chi connectivity index (χ2v) is 6.09. The van der Waals surface area contributed by atoms with Gasteiger partial charge in [0.25, 0.3) is 5.91 Å². The van der Waals surface area contributed by atoms with Crippen LogP contribution in [0.4, 0.5) is 5.69 Å². The number of ether oxygens (including phenoxy) is 2. The predicted molar refractivity (Wildman–Crippen MR) is 95.4 cm³/mol. The molecule has 1 amide bonds. The molecule has 6 heteroatoms. The van der Waals surface area contributed by atoms with Gasteiger partial charge in [0.1, 0.15) is 5.75 Å². The van der Waals surface area contributed by atoms with Crippen LogP contribution in [-0.2, 0) is 9.53 Å². The van der Waals surface area contributed by atoms with Crippen LogP contribution in [0.1, 0.15) is 22.8 Å².